The lowest BCUT2D eigenvalue weighted by molar-refractivity contribution is -0.384. The summed E-state index contributed by atoms with van der Waals surface area (Å²) in [7, 11) is 0. The standard InChI is InChI=1S/C14H19IN2O2/c1-9-3-5-13(10(2)7-9)16-14-6-4-11(17(18)19)8-12(14)15/h4,6,8-10,13,16H,3,5,7H2,1-2H3. The monoisotopic (exact) mass is 374 g/mol. The normalized spacial score (nSPS) is 27.0. The van der Waals surface area contributed by atoms with Gasteiger partial charge in [0.15, 0.2) is 0 Å². The molecule has 0 heterocycles. The average molecular weight is 374 g/mol. The van der Waals surface area contributed by atoms with Gasteiger partial charge in [-0.1, -0.05) is 13.8 Å². The Bertz CT molecular complexity index is 479. The molecule has 0 radical (unpaired) electrons. The van der Waals surface area contributed by atoms with E-state index in [9.17, 15) is 10.1 Å². The fourth-order valence-corrected chi connectivity index (χ4v) is 3.47. The molecular formula is C14H19IN2O2. The zero-order chi connectivity index (χ0) is 14.0. The van der Waals surface area contributed by atoms with E-state index in [1.165, 1.54) is 19.3 Å². The number of non-ortho nitro benzene ring substituents is 1. The lowest BCUT2D eigenvalue weighted by atomic mass is 9.80. The van der Waals surface area contributed by atoms with Crippen molar-refractivity contribution < 1.29 is 4.92 Å². The molecule has 2 rings (SSSR count). The molecule has 104 valence electrons. The van der Waals surface area contributed by atoms with Crippen LogP contribution in [0.4, 0.5) is 11.4 Å². The molecule has 3 atom stereocenters. The van der Waals surface area contributed by atoms with Gasteiger partial charge in [0, 0.05) is 27.4 Å². The molecule has 1 fully saturated rings. The molecule has 0 spiro atoms. The predicted molar refractivity (Wildman–Crippen MR) is 85.4 cm³/mol. The number of anilines is 1. The van der Waals surface area contributed by atoms with E-state index >= 15 is 0 Å². The summed E-state index contributed by atoms with van der Waals surface area (Å²) in [6, 6.07) is 5.50. The van der Waals surface area contributed by atoms with Gasteiger partial charge in [-0.25, -0.2) is 0 Å². The van der Waals surface area contributed by atoms with Crippen molar-refractivity contribution in [1.29, 1.82) is 0 Å². The van der Waals surface area contributed by atoms with Crippen molar-refractivity contribution in [2.24, 2.45) is 11.8 Å². The summed E-state index contributed by atoms with van der Waals surface area (Å²) >= 11 is 2.16. The second-order valence-corrected chi connectivity index (χ2v) is 6.73. The van der Waals surface area contributed by atoms with Gasteiger partial charge in [0.2, 0.25) is 0 Å². The summed E-state index contributed by atoms with van der Waals surface area (Å²) < 4.78 is 0.914. The van der Waals surface area contributed by atoms with E-state index in [-0.39, 0.29) is 10.6 Å². The van der Waals surface area contributed by atoms with Crippen LogP contribution in [0.1, 0.15) is 33.1 Å². The van der Waals surface area contributed by atoms with Crippen LogP contribution in [0, 0.1) is 25.5 Å². The van der Waals surface area contributed by atoms with Crippen molar-refractivity contribution in [3.8, 4) is 0 Å². The number of nitrogens with one attached hydrogen (secondary N) is 1. The molecule has 0 aromatic heterocycles. The van der Waals surface area contributed by atoms with E-state index in [0.29, 0.717) is 12.0 Å². The van der Waals surface area contributed by atoms with Crippen LogP contribution in [0.3, 0.4) is 0 Å². The van der Waals surface area contributed by atoms with Gasteiger partial charge in [-0.3, -0.25) is 10.1 Å². The zero-order valence-corrected chi connectivity index (χ0v) is 13.4. The van der Waals surface area contributed by atoms with Crippen LogP contribution in [0.15, 0.2) is 18.2 Å². The number of nitro groups is 1. The Kier molecular flexibility index (Phi) is 4.65. The smallest absolute Gasteiger partial charge is 0.270 e. The van der Waals surface area contributed by atoms with Crippen molar-refractivity contribution in [2.45, 2.75) is 39.2 Å². The van der Waals surface area contributed by atoms with Crippen molar-refractivity contribution in [3.05, 3.63) is 31.9 Å². The summed E-state index contributed by atoms with van der Waals surface area (Å²) in [5.41, 5.74) is 1.16. The van der Waals surface area contributed by atoms with E-state index in [0.717, 1.165) is 15.2 Å². The molecule has 1 aromatic carbocycles. The molecule has 3 unspecified atom stereocenters. The van der Waals surface area contributed by atoms with E-state index in [1.807, 2.05) is 6.07 Å². The number of hydrogen-bond acceptors (Lipinski definition) is 3. The third-order valence-corrected chi connectivity index (χ3v) is 4.83. The van der Waals surface area contributed by atoms with E-state index in [1.54, 1.807) is 12.1 Å². The van der Waals surface area contributed by atoms with Gasteiger partial charge in [-0.2, -0.15) is 0 Å². The fourth-order valence-electron chi connectivity index (χ4n) is 2.81. The maximum atomic E-state index is 10.7. The second kappa shape index (κ2) is 6.07. The Balaban J connectivity index is 2.09. The minimum absolute atomic E-state index is 0.153. The molecule has 1 N–H and O–H groups in total. The van der Waals surface area contributed by atoms with Crippen LogP contribution in [-0.2, 0) is 0 Å². The predicted octanol–water partition coefficient (Wildman–Crippen LogP) is 4.44. The van der Waals surface area contributed by atoms with E-state index < -0.39 is 0 Å². The molecule has 1 aromatic rings. The van der Waals surface area contributed by atoms with E-state index in [4.69, 9.17) is 0 Å². The maximum Gasteiger partial charge on any atom is 0.270 e. The minimum atomic E-state index is -0.350. The van der Waals surface area contributed by atoms with Crippen LogP contribution in [0.2, 0.25) is 0 Å². The van der Waals surface area contributed by atoms with Gasteiger partial charge in [0.05, 0.1) is 4.92 Å². The largest absolute Gasteiger partial charge is 0.381 e. The fraction of sp³-hybridized carbons (Fsp3) is 0.571. The molecule has 1 saturated carbocycles. The van der Waals surface area contributed by atoms with Crippen LogP contribution in [-0.4, -0.2) is 11.0 Å². The second-order valence-electron chi connectivity index (χ2n) is 5.57. The summed E-state index contributed by atoms with van der Waals surface area (Å²) in [4.78, 5) is 10.4. The first-order valence-corrected chi connectivity index (χ1v) is 7.75. The summed E-state index contributed by atoms with van der Waals surface area (Å²) in [6.45, 7) is 4.59. The minimum Gasteiger partial charge on any atom is -0.381 e. The highest BCUT2D eigenvalue weighted by atomic mass is 127. The molecule has 0 amide bonds. The van der Waals surface area contributed by atoms with Crippen molar-refractivity contribution in [2.75, 3.05) is 5.32 Å². The Morgan fingerprint density at radius 2 is 2.11 bits per heavy atom. The molecule has 0 aliphatic heterocycles. The lowest BCUT2D eigenvalue weighted by Gasteiger charge is -2.34. The number of nitro benzene ring substituents is 1. The van der Waals surface area contributed by atoms with Gasteiger partial charge in [0.1, 0.15) is 0 Å². The molecule has 0 bridgehead atoms. The van der Waals surface area contributed by atoms with Gasteiger partial charge >= 0.3 is 0 Å². The van der Waals surface area contributed by atoms with Gasteiger partial charge in [0.25, 0.3) is 5.69 Å². The molecule has 1 aliphatic carbocycles. The van der Waals surface area contributed by atoms with Crippen molar-refractivity contribution in [3.63, 3.8) is 0 Å². The first-order chi connectivity index (χ1) is 8.97. The zero-order valence-electron chi connectivity index (χ0n) is 11.2. The van der Waals surface area contributed by atoms with Gasteiger partial charge in [-0.05, 0) is 59.8 Å². The topological polar surface area (TPSA) is 55.2 Å². The number of benzene rings is 1. The molecule has 1 aliphatic rings. The molecule has 19 heavy (non-hydrogen) atoms. The Morgan fingerprint density at radius 3 is 2.68 bits per heavy atom. The Hall–Kier alpha value is -0.850. The van der Waals surface area contributed by atoms with Gasteiger partial charge < -0.3 is 5.32 Å². The highest BCUT2D eigenvalue weighted by Crippen LogP contribution is 2.32. The maximum absolute atomic E-state index is 10.7. The molecule has 4 nitrogen and oxygen atoms in total. The summed E-state index contributed by atoms with van der Waals surface area (Å²) in [5.74, 6) is 1.46. The third kappa shape index (κ3) is 3.58. The lowest BCUT2D eigenvalue weighted by Crippen LogP contribution is -2.33. The highest BCUT2D eigenvalue weighted by Gasteiger charge is 2.25. The Morgan fingerprint density at radius 1 is 1.37 bits per heavy atom. The van der Waals surface area contributed by atoms with Gasteiger partial charge in [-0.15, -0.1) is 0 Å². The van der Waals surface area contributed by atoms with Crippen LogP contribution in [0.25, 0.3) is 0 Å². The first kappa shape index (κ1) is 14.6. The molecular weight excluding hydrogens is 355 g/mol. The van der Waals surface area contributed by atoms with Crippen LogP contribution < -0.4 is 5.32 Å². The number of rotatable bonds is 3. The first-order valence-electron chi connectivity index (χ1n) is 6.68. The quantitative estimate of drug-likeness (QED) is 0.484. The Labute approximate surface area is 127 Å². The van der Waals surface area contributed by atoms with Crippen molar-refractivity contribution >= 4 is 34.0 Å². The van der Waals surface area contributed by atoms with E-state index in [2.05, 4.69) is 41.8 Å². The SMILES string of the molecule is CC1CCC(Nc2ccc([N+](=O)[O-])cc2I)C(C)C1. The van der Waals surface area contributed by atoms with Crippen LogP contribution in [0.5, 0.6) is 0 Å². The number of hydrogen-bond donors (Lipinski definition) is 1. The number of nitrogens with zero attached hydrogens (tertiary/aromatic N) is 1. The summed E-state index contributed by atoms with van der Waals surface area (Å²) in [5, 5.41) is 14.3. The van der Waals surface area contributed by atoms with Crippen molar-refractivity contribution in [1.82, 2.24) is 0 Å². The summed E-state index contributed by atoms with van der Waals surface area (Å²) in [6.07, 6.45) is 3.68. The number of halogens is 1. The average Bonchev–Trinajstić information content (AvgIpc) is 2.34. The molecule has 5 heteroatoms. The molecule has 0 saturated heterocycles. The third-order valence-electron chi connectivity index (χ3n) is 3.94. The highest BCUT2D eigenvalue weighted by molar-refractivity contribution is 14.1. The van der Waals surface area contributed by atoms with Crippen LogP contribution >= 0.6 is 22.6 Å².